The number of aromatic amines is 1. The van der Waals surface area contributed by atoms with E-state index in [2.05, 4.69) is 9.88 Å². The molecule has 0 aliphatic carbocycles. The number of fused-ring (bicyclic) bond motifs is 1. The van der Waals surface area contributed by atoms with Crippen molar-refractivity contribution in [3.63, 3.8) is 0 Å². The van der Waals surface area contributed by atoms with Gasteiger partial charge in [-0.05, 0) is 74.6 Å². The lowest BCUT2D eigenvalue weighted by Gasteiger charge is -2.34. The number of aliphatic hydroxyl groups excluding tert-OH is 1. The summed E-state index contributed by atoms with van der Waals surface area (Å²) >= 11 is 0. The highest BCUT2D eigenvalue weighted by molar-refractivity contribution is 5.74. The number of aromatic nitrogens is 2. The molecule has 0 radical (unpaired) electrons. The number of H-pyrrole nitrogens is 1. The summed E-state index contributed by atoms with van der Waals surface area (Å²) in [5.41, 5.74) is 2.57. The molecule has 1 fully saturated rings. The molecule has 4 rings (SSSR count). The number of para-hydroxylation sites is 2. The van der Waals surface area contributed by atoms with E-state index in [1.54, 1.807) is 16.7 Å². The molecule has 2 N–H and O–H groups in total. The zero-order valence-corrected chi connectivity index (χ0v) is 15.9. The van der Waals surface area contributed by atoms with Crippen molar-refractivity contribution in [2.45, 2.75) is 31.9 Å². The predicted molar refractivity (Wildman–Crippen MR) is 108 cm³/mol. The van der Waals surface area contributed by atoms with E-state index >= 15 is 0 Å². The maximum Gasteiger partial charge on any atom is 0.326 e. The molecule has 1 saturated heterocycles. The van der Waals surface area contributed by atoms with Gasteiger partial charge in [-0.2, -0.15) is 0 Å². The van der Waals surface area contributed by atoms with Gasteiger partial charge in [-0.1, -0.05) is 24.3 Å². The standard InChI is InChI=1S/C22H26FN3O2/c23-18-8-6-16(7-9-18)21(27)17-10-14-25(15-11-17)12-3-13-26-20-5-2-1-4-19(20)24-22(26)28/h1-2,4-9,17,21,27H,3,10-15H2,(H,24,28). The first kappa shape index (κ1) is 18.9. The van der Waals surface area contributed by atoms with Gasteiger partial charge in [0.2, 0.25) is 0 Å². The van der Waals surface area contributed by atoms with E-state index in [1.807, 2.05) is 24.3 Å². The molecule has 1 atom stereocenters. The lowest BCUT2D eigenvalue weighted by atomic mass is 9.87. The molecular weight excluding hydrogens is 357 g/mol. The minimum atomic E-state index is -0.535. The summed E-state index contributed by atoms with van der Waals surface area (Å²) in [6.07, 6.45) is 2.22. The zero-order chi connectivity index (χ0) is 19.5. The molecule has 5 nitrogen and oxygen atoms in total. The van der Waals surface area contributed by atoms with Gasteiger partial charge in [0.25, 0.3) is 0 Å². The molecule has 6 heteroatoms. The molecule has 0 bridgehead atoms. The number of hydrogen-bond donors (Lipinski definition) is 2. The van der Waals surface area contributed by atoms with Gasteiger partial charge in [-0.15, -0.1) is 0 Å². The molecule has 28 heavy (non-hydrogen) atoms. The minimum absolute atomic E-state index is 0.0534. The van der Waals surface area contributed by atoms with Crippen molar-refractivity contribution < 1.29 is 9.50 Å². The van der Waals surface area contributed by atoms with Gasteiger partial charge < -0.3 is 15.0 Å². The van der Waals surface area contributed by atoms with E-state index in [0.29, 0.717) is 6.54 Å². The van der Waals surface area contributed by atoms with Crippen LogP contribution in [0.15, 0.2) is 53.3 Å². The molecule has 0 saturated carbocycles. The third-order valence-electron chi connectivity index (χ3n) is 5.83. The van der Waals surface area contributed by atoms with Crippen molar-refractivity contribution in [3.05, 3.63) is 70.4 Å². The molecule has 1 aliphatic heterocycles. The SMILES string of the molecule is O=c1[nH]c2ccccc2n1CCCN1CCC(C(O)c2ccc(F)cc2)CC1. The van der Waals surface area contributed by atoms with E-state index in [4.69, 9.17) is 0 Å². The van der Waals surface area contributed by atoms with Crippen LogP contribution >= 0.6 is 0 Å². The van der Waals surface area contributed by atoms with Gasteiger partial charge in [-0.25, -0.2) is 9.18 Å². The van der Waals surface area contributed by atoms with Crippen molar-refractivity contribution in [1.29, 1.82) is 0 Å². The molecule has 3 aromatic rings. The van der Waals surface area contributed by atoms with Gasteiger partial charge in [0.1, 0.15) is 5.82 Å². The second-order valence-corrected chi connectivity index (χ2v) is 7.63. The Balaban J connectivity index is 1.27. The fourth-order valence-corrected chi connectivity index (χ4v) is 4.21. The lowest BCUT2D eigenvalue weighted by Crippen LogP contribution is -2.36. The van der Waals surface area contributed by atoms with Gasteiger partial charge in [0.15, 0.2) is 0 Å². The van der Waals surface area contributed by atoms with Crippen LogP contribution in [0.4, 0.5) is 4.39 Å². The summed E-state index contributed by atoms with van der Waals surface area (Å²) in [4.78, 5) is 17.4. The molecule has 0 amide bonds. The van der Waals surface area contributed by atoms with Gasteiger partial charge in [0.05, 0.1) is 17.1 Å². The average Bonchev–Trinajstić information content (AvgIpc) is 3.04. The molecule has 1 aliphatic rings. The van der Waals surface area contributed by atoms with Crippen molar-refractivity contribution >= 4 is 11.0 Å². The van der Waals surface area contributed by atoms with Crippen LogP contribution < -0.4 is 5.69 Å². The van der Waals surface area contributed by atoms with Crippen LogP contribution in [0.1, 0.15) is 30.9 Å². The van der Waals surface area contributed by atoms with Gasteiger partial charge >= 0.3 is 5.69 Å². The molecular formula is C22H26FN3O2. The number of benzene rings is 2. The first-order valence-corrected chi connectivity index (χ1v) is 9.95. The van der Waals surface area contributed by atoms with Gasteiger partial charge in [0, 0.05) is 6.54 Å². The van der Waals surface area contributed by atoms with Crippen LogP contribution in [-0.2, 0) is 6.54 Å². The first-order valence-electron chi connectivity index (χ1n) is 9.95. The Labute approximate surface area is 163 Å². The third kappa shape index (κ3) is 4.03. The Kier molecular flexibility index (Phi) is 5.59. The largest absolute Gasteiger partial charge is 0.388 e. The number of aliphatic hydroxyl groups is 1. The Morgan fingerprint density at radius 2 is 1.79 bits per heavy atom. The van der Waals surface area contributed by atoms with Crippen LogP contribution in [-0.4, -0.2) is 39.2 Å². The van der Waals surface area contributed by atoms with Crippen LogP contribution in [0, 0.1) is 11.7 Å². The summed E-state index contributed by atoms with van der Waals surface area (Å²) in [6.45, 7) is 3.50. The number of imidazole rings is 1. The number of nitrogens with one attached hydrogen (secondary N) is 1. The van der Waals surface area contributed by atoms with E-state index in [1.165, 1.54) is 12.1 Å². The average molecular weight is 383 g/mol. The molecule has 2 heterocycles. The van der Waals surface area contributed by atoms with Crippen LogP contribution in [0.2, 0.25) is 0 Å². The summed E-state index contributed by atoms with van der Waals surface area (Å²) < 4.78 is 14.9. The molecule has 0 spiro atoms. The lowest BCUT2D eigenvalue weighted by molar-refractivity contribution is 0.0582. The Hall–Kier alpha value is -2.44. The smallest absolute Gasteiger partial charge is 0.326 e. The summed E-state index contributed by atoms with van der Waals surface area (Å²) in [7, 11) is 0. The molecule has 148 valence electrons. The summed E-state index contributed by atoms with van der Waals surface area (Å²) in [6, 6.07) is 13.9. The normalized spacial score (nSPS) is 17.2. The van der Waals surface area contributed by atoms with Crippen LogP contribution in [0.5, 0.6) is 0 Å². The second-order valence-electron chi connectivity index (χ2n) is 7.63. The van der Waals surface area contributed by atoms with E-state index in [-0.39, 0.29) is 17.4 Å². The fourth-order valence-electron chi connectivity index (χ4n) is 4.21. The quantitative estimate of drug-likeness (QED) is 0.687. The zero-order valence-electron chi connectivity index (χ0n) is 15.9. The Bertz CT molecular complexity index is 971. The molecule has 2 aromatic carbocycles. The van der Waals surface area contributed by atoms with Crippen molar-refractivity contribution in [3.8, 4) is 0 Å². The molecule has 1 unspecified atom stereocenters. The number of hydrogen-bond acceptors (Lipinski definition) is 3. The third-order valence-corrected chi connectivity index (χ3v) is 5.83. The predicted octanol–water partition coefficient (Wildman–Crippen LogP) is 3.30. The first-order chi connectivity index (χ1) is 13.6. The topological polar surface area (TPSA) is 61.3 Å². The number of rotatable bonds is 6. The van der Waals surface area contributed by atoms with Crippen LogP contribution in [0.25, 0.3) is 11.0 Å². The van der Waals surface area contributed by atoms with Gasteiger partial charge in [-0.3, -0.25) is 4.57 Å². The minimum Gasteiger partial charge on any atom is -0.388 e. The number of piperidine rings is 1. The monoisotopic (exact) mass is 383 g/mol. The second kappa shape index (κ2) is 8.29. The number of nitrogens with zero attached hydrogens (tertiary/aromatic N) is 2. The Morgan fingerprint density at radius 3 is 2.54 bits per heavy atom. The highest BCUT2D eigenvalue weighted by atomic mass is 19.1. The Morgan fingerprint density at radius 1 is 1.07 bits per heavy atom. The number of halogens is 1. The summed E-state index contributed by atoms with van der Waals surface area (Å²) in [5.74, 6) is -0.0713. The summed E-state index contributed by atoms with van der Waals surface area (Å²) in [5, 5.41) is 10.6. The van der Waals surface area contributed by atoms with Crippen molar-refractivity contribution in [2.75, 3.05) is 19.6 Å². The maximum atomic E-state index is 13.1. The van der Waals surface area contributed by atoms with Crippen molar-refractivity contribution in [2.24, 2.45) is 5.92 Å². The number of aryl methyl sites for hydroxylation is 1. The fraction of sp³-hybridized carbons (Fsp3) is 0.409. The highest BCUT2D eigenvalue weighted by Gasteiger charge is 2.26. The highest BCUT2D eigenvalue weighted by Crippen LogP contribution is 2.30. The maximum absolute atomic E-state index is 13.1. The van der Waals surface area contributed by atoms with Crippen molar-refractivity contribution in [1.82, 2.24) is 14.5 Å². The van der Waals surface area contributed by atoms with E-state index in [9.17, 15) is 14.3 Å². The van der Waals surface area contributed by atoms with E-state index in [0.717, 1.165) is 55.5 Å². The van der Waals surface area contributed by atoms with Crippen LogP contribution in [0.3, 0.4) is 0 Å². The molecule has 1 aromatic heterocycles. The number of likely N-dealkylation sites (tertiary alicyclic amines) is 1. The van der Waals surface area contributed by atoms with E-state index < -0.39 is 6.10 Å².